The van der Waals surface area contributed by atoms with Crippen molar-refractivity contribution in [1.29, 1.82) is 0 Å². The Morgan fingerprint density at radius 2 is 2.14 bits per heavy atom. The average Bonchev–Trinajstić information content (AvgIpc) is 2.97. The molecule has 0 radical (unpaired) electrons. The molecular formula is C19H29NO2. The zero-order valence-electron chi connectivity index (χ0n) is 14.1. The maximum Gasteiger partial charge on any atom is 0.324 e. The maximum absolute atomic E-state index is 11.8. The molecule has 1 aliphatic heterocycles. The molecule has 2 N–H and O–H groups in total. The molecule has 22 heavy (non-hydrogen) atoms. The van der Waals surface area contributed by atoms with Crippen LogP contribution in [-0.4, -0.2) is 23.2 Å². The Bertz CT molecular complexity index is 492. The largest absolute Gasteiger partial charge is 0.480 e. The second-order valence-electron chi connectivity index (χ2n) is 5.73. The first-order valence-corrected chi connectivity index (χ1v) is 8.20. The minimum absolute atomic E-state index is 0.521. The SMILES string of the molecule is C=C/C(CC)=C(\C=C/C)C(=C\CC)/CC1(C(=O)O)CCCN1. The number of aliphatic carboxylic acids is 1. The van der Waals surface area contributed by atoms with Crippen LogP contribution in [0.2, 0.25) is 0 Å². The molecule has 1 unspecified atom stereocenters. The van der Waals surface area contributed by atoms with Gasteiger partial charge in [-0.25, -0.2) is 0 Å². The van der Waals surface area contributed by atoms with Crippen molar-refractivity contribution in [3.63, 3.8) is 0 Å². The summed E-state index contributed by atoms with van der Waals surface area (Å²) >= 11 is 0. The normalized spacial score (nSPS) is 23.7. The van der Waals surface area contributed by atoms with E-state index < -0.39 is 11.5 Å². The van der Waals surface area contributed by atoms with E-state index in [2.05, 4.69) is 37.9 Å². The smallest absolute Gasteiger partial charge is 0.324 e. The van der Waals surface area contributed by atoms with Gasteiger partial charge in [-0.1, -0.05) is 44.7 Å². The van der Waals surface area contributed by atoms with Gasteiger partial charge in [0.05, 0.1) is 0 Å². The summed E-state index contributed by atoms with van der Waals surface area (Å²) in [7, 11) is 0. The van der Waals surface area contributed by atoms with Gasteiger partial charge in [0, 0.05) is 6.42 Å². The van der Waals surface area contributed by atoms with Crippen LogP contribution in [0.15, 0.2) is 47.6 Å². The minimum Gasteiger partial charge on any atom is -0.480 e. The molecule has 0 aliphatic carbocycles. The van der Waals surface area contributed by atoms with E-state index in [1.165, 1.54) is 0 Å². The Kier molecular flexibility index (Phi) is 7.33. The van der Waals surface area contributed by atoms with E-state index in [1.54, 1.807) is 0 Å². The highest BCUT2D eigenvalue weighted by Crippen LogP contribution is 2.33. The summed E-state index contributed by atoms with van der Waals surface area (Å²) in [6.45, 7) is 10.9. The molecule has 122 valence electrons. The van der Waals surface area contributed by atoms with Gasteiger partial charge in [-0.05, 0) is 55.9 Å². The summed E-state index contributed by atoms with van der Waals surface area (Å²) in [6.07, 6.45) is 12.0. The molecule has 0 amide bonds. The first-order chi connectivity index (χ1) is 10.5. The van der Waals surface area contributed by atoms with Crippen molar-refractivity contribution in [1.82, 2.24) is 5.32 Å². The highest BCUT2D eigenvalue weighted by molar-refractivity contribution is 5.80. The number of carbonyl (C=O) groups is 1. The number of rotatable bonds is 8. The molecule has 1 saturated heterocycles. The zero-order chi connectivity index (χ0) is 16.6. The van der Waals surface area contributed by atoms with E-state index in [0.717, 1.165) is 42.5 Å². The molecule has 3 nitrogen and oxygen atoms in total. The van der Waals surface area contributed by atoms with Gasteiger partial charge in [-0.3, -0.25) is 4.79 Å². The third kappa shape index (κ3) is 4.20. The summed E-state index contributed by atoms with van der Waals surface area (Å²) in [4.78, 5) is 11.8. The number of hydrogen-bond donors (Lipinski definition) is 2. The Morgan fingerprint density at radius 3 is 2.55 bits per heavy atom. The van der Waals surface area contributed by atoms with Crippen molar-refractivity contribution in [3.05, 3.63) is 47.6 Å². The Labute approximate surface area is 134 Å². The van der Waals surface area contributed by atoms with Crippen molar-refractivity contribution in [2.75, 3.05) is 6.54 Å². The number of hydrogen-bond acceptors (Lipinski definition) is 2. The lowest BCUT2D eigenvalue weighted by Gasteiger charge is -2.27. The molecule has 0 spiro atoms. The lowest BCUT2D eigenvalue weighted by molar-refractivity contribution is -0.144. The molecule has 1 heterocycles. The third-order valence-electron chi connectivity index (χ3n) is 4.25. The predicted octanol–water partition coefficient (Wildman–Crippen LogP) is 4.39. The van der Waals surface area contributed by atoms with Crippen LogP contribution in [0.25, 0.3) is 0 Å². The van der Waals surface area contributed by atoms with Crippen molar-refractivity contribution in [3.8, 4) is 0 Å². The molecule has 0 bridgehead atoms. The molecule has 3 heteroatoms. The van der Waals surface area contributed by atoms with Crippen molar-refractivity contribution >= 4 is 5.97 Å². The number of carboxylic acid groups (broad SMARTS) is 1. The van der Waals surface area contributed by atoms with E-state index in [1.807, 2.05) is 19.1 Å². The predicted molar refractivity (Wildman–Crippen MR) is 92.9 cm³/mol. The summed E-state index contributed by atoms with van der Waals surface area (Å²) in [5, 5.41) is 12.9. The Balaban J connectivity index is 3.27. The van der Waals surface area contributed by atoms with Crippen LogP contribution in [-0.2, 0) is 4.79 Å². The average molecular weight is 303 g/mol. The molecule has 1 rings (SSSR count). The van der Waals surface area contributed by atoms with Gasteiger partial charge in [0.1, 0.15) is 5.54 Å². The van der Waals surface area contributed by atoms with Gasteiger partial charge in [0.2, 0.25) is 0 Å². The maximum atomic E-state index is 11.8. The molecule has 1 aliphatic rings. The van der Waals surface area contributed by atoms with Crippen LogP contribution in [0, 0.1) is 0 Å². The van der Waals surface area contributed by atoms with Gasteiger partial charge in [-0.15, -0.1) is 0 Å². The monoisotopic (exact) mass is 303 g/mol. The van der Waals surface area contributed by atoms with Gasteiger partial charge in [-0.2, -0.15) is 0 Å². The first-order valence-electron chi connectivity index (χ1n) is 8.20. The van der Waals surface area contributed by atoms with Crippen molar-refractivity contribution in [2.45, 2.75) is 58.4 Å². The highest BCUT2D eigenvalue weighted by Gasteiger charge is 2.41. The minimum atomic E-state index is -0.826. The zero-order valence-corrected chi connectivity index (χ0v) is 14.1. The van der Waals surface area contributed by atoms with Gasteiger partial charge in [0.15, 0.2) is 0 Å². The molecule has 1 fully saturated rings. The van der Waals surface area contributed by atoms with Crippen molar-refractivity contribution < 1.29 is 9.90 Å². The van der Waals surface area contributed by atoms with Crippen LogP contribution in [0.1, 0.15) is 52.9 Å². The lowest BCUT2D eigenvalue weighted by Crippen LogP contribution is -2.47. The molecule has 0 aromatic heterocycles. The van der Waals surface area contributed by atoms with Crippen LogP contribution in [0.5, 0.6) is 0 Å². The summed E-state index contributed by atoms with van der Waals surface area (Å²) in [5.41, 5.74) is 2.56. The van der Waals surface area contributed by atoms with E-state index in [-0.39, 0.29) is 0 Å². The number of allylic oxidation sites excluding steroid dienone is 6. The quantitative estimate of drug-likeness (QED) is 0.654. The second kappa shape index (κ2) is 8.74. The third-order valence-corrected chi connectivity index (χ3v) is 4.25. The van der Waals surface area contributed by atoms with Crippen LogP contribution >= 0.6 is 0 Å². The number of nitrogens with one attached hydrogen (secondary N) is 1. The van der Waals surface area contributed by atoms with E-state index in [9.17, 15) is 9.90 Å². The lowest BCUT2D eigenvalue weighted by atomic mass is 9.84. The molecule has 0 aromatic carbocycles. The van der Waals surface area contributed by atoms with Crippen LogP contribution < -0.4 is 5.32 Å². The topological polar surface area (TPSA) is 49.3 Å². The first kappa shape index (κ1) is 18.4. The molecule has 1 atom stereocenters. The molecular weight excluding hydrogens is 274 g/mol. The summed E-state index contributed by atoms with van der Waals surface area (Å²) in [5.74, 6) is -0.747. The van der Waals surface area contributed by atoms with Crippen LogP contribution in [0.3, 0.4) is 0 Å². The standard InChI is InChI=1S/C19H29NO2/c1-5-10-16(17(11-6-2)15(7-3)8-4)14-19(18(21)22)12-9-13-20-19/h6-7,10-11,20H,3,5,8-9,12-14H2,1-2,4H3,(H,21,22)/b11-6-,16-10-,17-15-. The van der Waals surface area contributed by atoms with Gasteiger partial charge < -0.3 is 10.4 Å². The highest BCUT2D eigenvalue weighted by atomic mass is 16.4. The fourth-order valence-electron chi connectivity index (χ4n) is 3.10. The van der Waals surface area contributed by atoms with Crippen molar-refractivity contribution in [2.24, 2.45) is 0 Å². The van der Waals surface area contributed by atoms with E-state index in [0.29, 0.717) is 12.8 Å². The summed E-state index contributed by atoms with van der Waals surface area (Å²) < 4.78 is 0. The second-order valence-corrected chi connectivity index (χ2v) is 5.73. The molecule has 0 aromatic rings. The fraction of sp³-hybridized carbons (Fsp3) is 0.526. The number of carboxylic acids is 1. The molecule has 0 saturated carbocycles. The van der Waals surface area contributed by atoms with E-state index >= 15 is 0 Å². The Hall–Kier alpha value is -1.61. The fourth-order valence-corrected chi connectivity index (χ4v) is 3.10. The van der Waals surface area contributed by atoms with Crippen LogP contribution in [0.4, 0.5) is 0 Å². The van der Waals surface area contributed by atoms with Gasteiger partial charge >= 0.3 is 5.97 Å². The van der Waals surface area contributed by atoms with Gasteiger partial charge in [0.25, 0.3) is 0 Å². The summed E-state index contributed by atoms with van der Waals surface area (Å²) in [6, 6.07) is 0. The van der Waals surface area contributed by atoms with E-state index in [4.69, 9.17) is 0 Å². The Morgan fingerprint density at radius 1 is 1.41 bits per heavy atom.